The van der Waals surface area contributed by atoms with E-state index in [0.717, 1.165) is 18.4 Å². The molecule has 1 atom stereocenters. The van der Waals surface area contributed by atoms with Crippen LogP contribution in [0, 0.1) is 0 Å². The van der Waals surface area contributed by atoms with Crippen LogP contribution in [0.15, 0.2) is 12.2 Å². The Bertz CT molecular complexity index is 164. The van der Waals surface area contributed by atoms with Gasteiger partial charge < -0.3 is 9.84 Å². The van der Waals surface area contributed by atoms with E-state index in [2.05, 4.69) is 6.58 Å². The molecule has 1 N–H and O–H groups in total. The number of hydrogen-bond donors (Lipinski definition) is 1. The smallest absolute Gasteiger partial charge is 0.305 e. The monoisotopic (exact) mass is 156 g/mol. The Labute approximate surface area is 65.7 Å². The predicted molar refractivity (Wildman–Crippen MR) is 40.4 cm³/mol. The molecule has 3 nitrogen and oxygen atoms in total. The number of carboxylic acids is 1. The van der Waals surface area contributed by atoms with Gasteiger partial charge in [0, 0.05) is 0 Å². The van der Waals surface area contributed by atoms with E-state index in [1.54, 1.807) is 0 Å². The molecule has 1 unspecified atom stereocenters. The fraction of sp³-hybridized carbons (Fsp3) is 0.625. The molecule has 0 aromatic rings. The van der Waals surface area contributed by atoms with Gasteiger partial charge in [0.15, 0.2) is 0 Å². The van der Waals surface area contributed by atoms with E-state index >= 15 is 0 Å². The SMILES string of the molecule is C=C1CCC(CC(=O)O)OC1. The van der Waals surface area contributed by atoms with Crippen molar-refractivity contribution in [3.63, 3.8) is 0 Å². The van der Waals surface area contributed by atoms with Crippen molar-refractivity contribution in [2.24, 2.45) is 0 Å². The molecular formula is C8H12O3. The third-order valence-electron chi connectivity index (χ3n) is 1.75. The van der Waals surface area contributed by atoms with Crippen LogP contribution in [0.4, 0.5) is 0 Å². The van der Waals surface area contributed by atoms with E-state index in [1.165, 1.54) is 0 Å². The first-order valence-electron chi connectivity index (χ1n) is 3.68. The molecule has 1 saturated heterocycles. The van der Waals surface area contributed by atoms with Crippen LogP contribution in [-0.2, 0) is 9.53 Å². The van der Waals surface area contributed by atoms with Gasteiger partial charge in [-0.15, -0.1) is 0 Å². The van der Waals surface area contributed by atoms with Gasteiger partial charge in [-0.1, -0.05) is 12.2 Å². The maximum Gasteiger partial charge on any atom is 0.305 e. The van der Waals surface area contributed by atoms with Crippen molar-refractivity contribution < 1.29 is 14.6 Å². The lowest BCUT2D eigenvalue weighted by Gasteiger charge is -2.22. The number of rotatable bonds is 2. The van der Waals surface area contributed by atoms with Crippen molar-refractivity contribution >= 4 is 5.97 Å². The molecule has 0 radical (unpaired) electrons. The Kier molecular flexibility index (Phi) is 2.65. The van der Waals surface area contributed by atoms with E-state index < -0.39 is 5.97 Å². The molecule has 3 heteroatoms. The average molecular weight is 156 g/mol. The summed E-state index contributed by atoms with van der Waals surface area (Å²) in [5.41, 5.74) is 1.06. The molecule has 0 aromatic carbocycles. The van der Waals surface area contributed by atoms with E-state index in [9.17, 15) is 4.79 Å². The number of hydrogen-bond acceptors (Lipinski definition) is 2. The zero-order valence-electron chi connectivity index (χ0n) is 6.38. The highest BCUT2D eigenvalue weighted by atomic mass is 16.5. The summed E-state index contributed by atoms with van der Waals surface area (Å²) in [6.07, 6.45) is 1.72. The maximum absolute atomic E-state index is 10.2. The minimum Gasteiger partial charge on any atom is -0.481 e. The zero-order valence-corrected chi connectivity index (χ0v) is 6.38. The number of ether oxygens (including phenoxy) is 1. The lowest BCUT2D eigenvalue weighted by atomic mass is 10.0. The van der Waals surface area contributed by atoms with Crippen molar-refractivity contribution in [1.82, 2.24) is 0 Å². The number of aliphatic carboxylic acids is 1. The Balaban J connectivity index is 2.28. The Morgan fingerprint density at radius 3 is 3.00 bits per heavy atom. The first kappa shape index (κ1) is 8.27. The summed E-state index contributed by atoms with van der Waals surface area (Å²) in [6, 6.07) is 0. The van der Waals surface area contributed by atoms with Gasteiger partial charge in [0.05, 0.1) is 19.1 Å². The van der Waals surface area contributed by atoms with Crippen LogP contribution in [-0.4, -0.2) is 23.8 Å². The van der Waals surface area contributed by atoms with Crippen molar-refractivity contribution in [2.75, 3.05) is 6.61 Å². The summed E-state index contributed by atoms with van der Waals surface area (Å²) in [5.74, 6) is -0.789. The molecule has 1 rings (SSSR count). The second-order valence-electron chi connectivity index (χ2n) is 2.82. The van der Waals surface area contributed by atoms with Crippen LogP contribution in [0.3, 0.4) is 0 Å². The second kappa shape index (κ2) is 3.53. The second-order valence-corrected chi connectivity index (χ2v) is 2.82. The quantitative estimate of drug-likeness (QED) is 0.611. The Hall–Kier alpha value is -0.830. The Morgan fingerprint density at radius 1 is 1.82 bits per heavy atom. The third kappa shape index (κ3) is 2.72. The van der Waals surface area contributed by atoms with Crippen molar-refractivity contribution in [3.8, 4) is 0 Å². The van der Waals surface area contributed by atoms with Gasteiger partial charge in [0.1, 0.15) is 0 Å². The molecule has 1 fully saturated rings. The standard InChI is InChI=1S/C8H12O3/c1-6-2-3-7(11-5-6)4-8(9)10/h7H,1-5H2,(H,9,10). The van der Waals surface area contributed by atoms with Crippen molar-refractivity contribution in [3.05, 3.63) is 12.2 Å². The largest absolute Gasteiger partial charge is 0.481 e. The van der Waals surface area contributed by atoms with E-state index in [-0.39, 0.29) is 12.5 Å². The highest BCUT2D eigenvalue weighted by Crippen LogP contribution is 2.18. The molecule has 11 heavy (non-hydrogen) atoms. The normalized spacial score (nSPS) is 25.1. The fourth-order valence-corrected chi connectivity index (χ4v) is 1.11. The van der Waals surface area contributed by atoms with Crippen LogP contribution in [0.5, 0.6) is 0 Å². The van der Waals surface area contributed by atoms with Crippen LogP contribution in [0.25, 0.3) is 0 Å². The van der Waals surface area contributed by atoms with Crippen molar-refractivity contribution in [1.29, 1.82) is 0 Å². The molecule has 0 saturated carbocycles. The number of carboxylic acid groups (broad SMARTS) is 1. The van der Waals surface area contributed by atoms with Gasteiger partial charge >= 0.3 is 5.97 Å². The molecular weight excluding hydrogens is 144 g/mol. The molecule has 0 bridgehead atoms. The summed E-state index contributed by atoms with van der Waals surface area (Å²) in [5, 5.41) is 8.43. The summed E-state index contributed by atoms with van der Waals surface area (Å²) in [6.45, 7) is 4.28. The molecule has 1 aliphatic heterocycles. The van der Waals surface area contributed by atoms with Crippen molar-refractivity contribution in [2.45, 2.75) is 25.4 Å². The third-order valence-corrected chi connectivity index (χ3v) is 1.75. The highest BCUT2D eigenvalue weighted by Gasteiger charge is 2.18. The molecule has 1 aliphatic rings. The summed E-state index contributed by atoms with van der Waals surface area (Å²) in [4.78, 5) is 10.2. The molecule has 62 valence electrons. The molecule has 0 amide bonds. The van der Waals surface area contributed by atoms with Gasteiger partial charge in [-0.05, 0) is 12.8 Å². The van der Waals surface area contributed by atoms with Gasteiger partial charge in [-0.25, -0.2) is 0 Å². The summed E-state index contributed by atoms with van der Waals surface area (Å²) in [7, 11) is 0. The minimum absolute atomic E-state index is 0.0991. The van der Waals surface area contributed by atoms with Gasteiger partial charge in [0.2, 0.25) is 0 Å². The Morgan fingerprint density at radius 2 is 2.55 bits per heavy atom. The van der Waals surface area contributed by atoms with Gasteiger partial charge in [-0.2, -0.15) is 0 Å². The van der Waals surface area contributed by atoms with Crippen LogP contribution in [0.2, 0.25) is 0 Å². The topological polar surface area (TPSA) is 46.5 Å². The lowest BCUT2D eigenvalue weighted by Crippen LogP contribution is -2.23. The predicted octanol–water partition coefficient (Wildman–Crippen LogP) is 1.20. The summed E-state index contributed by atoms with van der Waals surface area (Å²) < 4.78 is 5.22. The van der Waals surface area contributed by atoms with E-state index in [0.29, 0.717) is 6.61 Å². The maximum atomic E-state index is 10.2. The fourth-order valence-electron chi connectivity index (χ4n) is 1.11. The van der Waals surface area contributed by atoms with Gasteiger partial charge in [0.25, 0.3) is 0 Å². The molecule has 0 aliphatic carbocycles. The van der Waals surface area contributed by atoms with Crippen LogP contribution < -0.4 is 0 Å². The highest BCUT2D eigenvalue weighted by molar-refractivity contribution is 5.67. The first-order valence-corrected chi connectivity index (χ1v) is 3.68. The van der Waals surface area contributed by atoms with E-state index in [1.807, 2.05) is 0 Å². The average Bonchev–Trinajstić information content (AvgIpc) is 1.93. The van der Waals surface area contributed by atoms with Gasteiger partial charge in [-0.3, -0.25) is 4.79 Å². The molecule has 0 aromatic heterocycles. The van der Waals surface area contributed by atoms with Crippen LogP contribution in [0.1, 0.15) is 19.3 Å². The zero-order chi connectivity index (χ0) is 8.27. The first-order chi connectivity index (χ1) is 5.18. The minimum atomic E-state index is -0.789. The lowest BCUT2D eigenvalue weighted by molar-refractivity contribution is -0.140. The molecule has 0 spiro atoms. The number of carbonyl (C=O) groups is 1. The summed E-state index contributed by atoms with van der Waals surface area (Å²) >= 11 is 0. The van der Waals surface area contributed by atoms with Crippen LogP contribution >= 0.6 is 0 Å². The molecule has 1 heterocycles. The van der Waals surface area contributed by atoms with E-state index in [4.69, 9.17) is 9.84 Å².